The number of piperidine rings is 1. The van der Waals surface area contributed by atoms with Crippen molar-refractivity contribution in [1.82, 2.24) is 14.7 Å². The quantitative estimate of drug-likeness (QED) is 0.915. The van der Waals surface area contributed by atoms with Crippen LogP contribution in [-0.4, -0.2) is 33.8 Å². The zero-order valence-electron chi connectivity index (χ0n) is 14.5. The maximum atomic E-state index is 4.27. The van der Waals surface area contributed by atoms with E-state index in [1.807, 2.05) is 17.9 Å². The number of benzene rings is 1. The zero-order valence-corrected chi connectivity index (χ0v) is 14.5. The molecule has 124 valence electrons. The number of aryl methyl sites for hydroxylation is 1. The molecule has 23 heavy (non-hydrogen) atoms. The van der Waals surface area contributed by atoms with Crippen molar-refractivity contribution in [2.24, 2.45) is 7.05 Å². The molecule has 4 nitrogen and oxygen atoms in total. The molecule has 3 rings (SSSR count). The summed E-state index contributed by atoms with van der Waals surface area (Å²) in [6, 6.07) is 9.45. The van der Waals surface area contributed by atoms with Crippen molar-refractivity contribution < 1.29 is 0 Å². The monoisotopic (exact) mass is 312 g/mol. The van der Waals surface area contributed by atoms with Crippen LogP contribution in [0.1, 0.15) is 43.7 Å². The van der Waals surface area contributed by atoms with Crippen LogP contribution in [0.5, 0.6) is 0 Å². The SMILES string of the molecule is CC(C)c1ccc(N[C@@H]2CCCN(Cc3cnn(C)c3)C2)cc1. The minimum Gasteiger partial charge on any atom is -0.381 e. The van der Waals surface area contributed by atoms with Crippen molar-refractivity contribution in [2.75, 3.05) is 18.4 Å². The Labute approximate surface area is 139 Å². The Morgan fingerprint density at radius 3 is 2.70 bits per heavy atom. The summed E-state index contributed by atoms with van der Waals surface area (Å²) in [5.41, 5.74) is 3.94. The fraction of sp³-hybridized carbons (Fsp3) is 0.526. The van der Waals surface area contributed by atoms with E-state index in [0.717, 1.165) is 13.1 Å². The molecule has 1 aliphatic heterocycles. The van der Waals surface area contributed by atoms with Gasteiger partial charge in [0.05, 0.1) is 6.20 Å². The Morgan fingerprint density at radius 2 is 2.04 bits per heavy atom. The number of rotatable bonds is 5. The van der Waals surface area contributed by atoms with E-state index in [-0.39, 0.29) is 0 Å². The van der Waals surface area contributed by atoms with E-state index in [0.29, 0.717) is 12.0 Å². The molecule has 1 aromatic heterocycles. The van der Waals surface area contributed by atoms with E-state index in [2.05, 4.69) is 59.6 Å². The van der Waals surface area contributed by atoms with Gasteiger partial charge in [0.25, 0.3) is 0 Å². The van der Waals surface area contributed by atoms with E-state index in [9.17, 15) is 0 Å². The maximum Gasteiger partial charge on any atom is 0.0534 e. The molecule has 1 aliphatic rings. The molecular formula is C19H28N4. The average molecular weight is 312 g/mol. The first-order chi connectivity index (χ1) is 11.1. The van der Waals surface area contributed by atoms with E-state index in [4.69, 9.17) is 0 Å². The predicted molar refractivity (Wildman–Crippen MR) is 95.7 cm³/mol. The van der Waals surface area contributed by atoms with Gasteiger partial charge in [-0.25, -0.2) is 0 Å². The smallest absolute Gasteiger partial charge is 0.0534 e. The molecule has 1 saturated heterocycles. The lowest BCUT2D eigenvalue weighted by atomic mass is 10.0. The molecule has 1 atom stereocenters. The lowest BCUT2D eigenvalue weighted by Gasteiger charge is -2.33. The highest BCUT2D eigenvalue weighted by molar-refractivity contribution is 5.46. The standard InChI is InChI=1S/C19H28N4/c1-15(2)17-6-8-18(9-7-17)21-19-5-4-10-23(14-19)13-16-11-20-22(3)12-16/h6-9,11-12,15,19,21H,4-5,10,13-14H2,1-3H3/t19-/m1/s1. The third-order valence-electron chi connectivity index (χ3n) is 4.62. The molecule has 0 spiro atoms. The second-order valence-corrected chi connectivity index (χ2v) is 7.02. The summed E-state index contributed by atoms with van der Waals surface area (Å²) in [4.78, 5) is 2.53. The van der Waals surface area contributed by atoms with Crippen LogP contribution in [0.4, 0.5) is 5.69 Å². The topological polar surface area (TPSA) is 33.1 Å². The second kappa shape index (κ2) is 7.18. The largest absolute Gasteiger partial charge is 0.381 e. The fourth-order valence-electron chi connectivity index (χ4n) is 3.33. The summed E-state index contributed by atoms with van der Waals surface area (Å²) in [5, 5.41) is 7.97. The first kappa shape index (κ1) is 16.1. The molecule has 0 amide bonds. The first-order valence-corrected chi connectivity index (χ1v) is 8.66. The molecule has 0 saturated carbocycles. The number of nitrogens with zero attached hydrogens (tertiary/aromatic N) is 3. The highest BCUT2D eigenvalue weighted by Gasteiger charge is 2.20. The minimum absolute atomic E-state index is 0.533. The minimum atomic E-state index is 0.533. The normalized spacial score (nSPS) is 19.2. The molecule has 0 radical (unpaired) electrons. The summed E-state index contributed by atoms with van der Waals surface area (Å²) < 4.78 is 1.88. The Bertz CT molecular complexity index is 615. The summed E-state index contributed by atoms with van der Waals surface area (Å²) in [7, 11) is 1.98. The first-order valence-electron chi connectivity index (χ1n) is 8.66. The van der Waals surface area contributed by atoms with Crippen LogP contribution in [0.25, 0.3) is 0 Å². The molecule has 1 aromatic carbocycles. The van der Waals surface area contributed by atoms with E-state index >= 15 is 0 Å². The average Bonchev–Trinajstić information content (AvgIpc) is 2.93. The molecule has 0 unspecified atom stereocenters. The summed E-state index contributed by atoms with van der Waals surface area (Å²) in [5.74, 6) is 0.591. The van der Waals surface area contributed by atoms with Gasteiger partial charge < -0.3 is 5.32 Å². The number of hydrogen-bond donors (Lipinski definition) is 1. The molecular weight excluding hydrogens is 284 g/mol. The van der Waals surface area contributed by atoms with Gasteiger partial charge in [-0.1, -0.05) is 26.0 Å². The van der Waals surface area contributed by atoms with Crippen LogP contribution >= 0.6 is 0 Å². The Balaban J connectivity index is 1.55. The number of nitrogens with one attached hydrogen (secondary N) is 1. The van der Waals surface area contributed by atoms with Gasteiger partial charge in [0.2, 0.25) is 0 Å². The molecule has 4 heteroatoms. The number of aromatic nitrogens is 2. The van der Waals surface area contributed by atoms with E-state index in [1.165, 1.54) is 36.2 Å². The van der Waals surface area contributed by atoms with Gasteiger partial charge in [-0.05, 0) is 43.0 Å². The highest BCUT2D eigenvalue weighted by Crippen LogP contribution is 2.20. The van der Waals surface area contributed by atoms with Gasteiger partial charge in [-0.2, -0.15) is 5.10 Å². The highest BCUT2D eigenvalue weighted by atomic mass is 15.2. The summed E-state index contributed by atoms with van der Waals surface area (Å²) in [6.07, 6.45) is 6.58. The van der Waals surface area contributed by atoms with Crippen molar-refractivity contribution in [1.29, 1.82) is 0 Å². The van der Waals surface area contributed by atoms with Crippen molar-refractivity contribution >= 4 is 5.69 Å². The Morgan fingerprint density at radius 1 is 1.26 bits per heavy atom. The van der Waals surface area contributed by atoms with E-state index < -0.39 is 0 Å². The van der Waals surface area contributed by atoms with Crippen LogP contribution in [0.3, 0.4) is 0 Å². The van der Waals surface area contributed by atoms with Crippen molar-refractivity contribution in [2.45, 2.75) is 45.2 Å². The van der Waals surface area contributed by atoms with Crippen molar-refractivity contribution in [3.63, 3.8) is 0 Å². The van der Waals surface area contributed by atoms with Gasteiger partial charge in [0.1, 0.15) is 0 Å². The van der Waals surface area contributed by atoms with Crippen LogP contribution in [0.15, 0.2) is 36.7 Å². The second-order valence-electron chi connectivity index (χ2n) is 7.02. The summed E-state index contributed by atoms with van der Waals surface area (Å²) >= 11 is 0. The van der Waals surface area contributed by atoms with Crippen molar-refractivity contribution in [3.05, 3.63) is 47.8 Å². The number of hydrogen-bond acceptors (Lipinski definition) is 3. The van der Waals surface area contributed by atoms with Crippen molar-refractivity contribution in [3.8, 4) is 0 Å². The van der Waals surface area contributed by atoms with Crippen LogP contribution in [0.2, 0.25) is 0 Å². The Hall–Kier alpha value is -1.81. The molecule has 0 bridgehead atoms. The van der Waals surface area contributed by atoms with Gasteiger partial charge in [-0.3, -0.25) is 9.58 Å². The van der Waals surface area contributed by atoms with Gasteiger partial charge in [0.15, 0.2) is 0 Å². The van der Waals surface area contributed by atoms with Gasteiger partial charge in [0, 0.05) is 43.6 Å². The molecule has 2 heterocycles. The van der Waals surface area contributed by atoms with Crippen LogP contribution < -0.4 is 5.32 Å². The molecule has 2 aromatic rings. The summed E-state index contributed by atoms with van der Waals surface area (Å²) in [6.45, 7) is 7.75. The van der Waals surface area contributed by atoms with Gasteiger partial charge >= 0.3 is 0 Å². The molecule has 1 N–H and O–H groups in total. The lowest BCUT2D eigenvalue weighted by Crippen LogP contribution is -2.41. The predicted octanol–water partition coefficient (Wildman–Crippen LogP) is 3.62. The zero-order chi connectivity index (χ0) is 16.2. The van der Waals surface area contributed by atoms with Gasteiger partial charge in [-0.15, -0.1) is 0 Å². The number of likely N-dealkylation sites (tertiary alicyclic amines) is 1. The third kappa shape index (κ3) is 4.35. The molecule has 0 aliphatic carbocycles. The van der Waals surface area contributed by atoms with Crippen LogP contribution in [-0.2, 0) is 13.6 Å². The lowest BCUT2D eigenvalue weighted by molar-refractivity contribution is 0.208. The Kier molecular flexibility index (Phi) is 5.01. The number of anilines is 1. The molecule has 1 fully saturated rings. The maximum absolute atomic E-state index is 4.27. The van der Waals surface area contributed by atoms with E-state index in [1.54, 1.807) is 0 Å². The van der Waals surface area contributed by atoms with Crippen LogP contribution in [0, 0.1) is 0 Å². The third-order valence-corrected chi connectivity index (χ3v) is 4.62. The fourth-order valence-corrected chi connectivity index (χ4v) is 3.33.